The van der Waals surface area contributed by atoms with Gasteiger partial charge in [0.1, 0.15) is 11.4 Å². The average Bonchev–Trinajstić information content (AvgIpc) is 2.74. The minimum atomic E-state index is -3.70. The van der Waals surface area contributed by atoms with Gasteiger partial charge in [0.15, 0.2) is 0 Å². The van der Waals surface area contributed by atoms with Gasteiger partial charge in [0.2, 0.25) is 15.9 Å². The van der Waals surface area contributed by atoms with Crippen LogP contribution >= 0.6 is 0 Å². The van der Waals surface area contributed by atoms with Gasteiger partial charge in [-0.3, -0.25) is 14.9 Å². The van der Waals surface area contributed by atoms with Gasteiger partial charge in [-0.25, -0.2) is 8.42 Å². The van der Waals surface area contributed by atoms with Crippen molar-refractivity contribution >= 4 is 33.0 Å². The highest BCUT2D eigenvalue weighted by Crippen LogP contribution is 2.29. The molecule has 0 aliphatic heterocycles. The van der Waals surface area contributed by atoms with E-state index in [1.807, 2.05) is 0 Å². The van der Waals surface area contributed by atoms with Gasteiger partial charge in [-0.2, -0.15) is 4.31 Å². The number of nitrogens with one attached hydrogen (secondary N) is 2. The molecule has 0 saturated heterocycles. The van der Waals surface area contributed by atoms with Gasteiger partial charge >= 0.3 is 0 Å². The maximum Gasteiger partial charge on any atom is 0.292 e. The lowest BCUT2D eigenvalue weighted by atomic mass is 10.2. The monoisotopic (exact) mass is 450 g/mol. The van der Waals surface area contributed by atoms with Gasteiger partial charge in [-0.15, -0.1) is 0 Å². The van der Waals surface area contributed by atoms with Crippen molar-refractivity contribution < 1.29 is 22.9 Å². The van der Waals surface area contributed by atoms with E-state index in [1.54, 1.807) is 32.0 Å². The van der Waals surface area contributed by atoms with Crippen LogP contribution in [-0.2, 0) is 14.8 Å². The fourth-order valence-corrected chi connectivity index (χ4v) is 4.45. The van der Waals surface area contributed by atoms with Crippen LogP contribution in [0.4, 0.5) is 17.1 Å². The Labute approximate surface area is 181 Å². The Bertz CT molecular complexity index is 1040. The van der Waals surface area contributed by atoms with E-state index in [0.717, 1.165) is 0 Å². The first kappa shape index (κ1) is 24.1. The molecule has 0 spiro atoms. The minimum absolute atomic E-state index is 0.00221. The summed E-state index contributed by atoms with van der Waals surface area (Å²) < 4.78 is 32.1. The summed E-state index contributed by atoms with van der Waals surface area (Å²) in [7, 11) is -2.28. The standard InChI is InChI=1S/C20H26N4O6S/c1-4-23(5-2)31(28,29)15-10-11-19(30-3)17(14-15)22-20(25)12-13-21-16-8-6-7-9-18(16)24(26)27/h6-11,14,21H,4-5,12-13H2,1-3H3,(H,22,25). The SMILES string of the molecule is CCN(CC)S(=O)(=O)c1ccc(OC)c(NC(=O)CCNc2ccccc2[N+](=O)[O-])c1. The number of hydrogen-bond donors (Lipinski definition) is 2. The molecule has 0 heterocycles. The molecule has 2 aromatic carbocycles. The molecule has 0 bridgehead atoms. The zero-order chi connectivity index (χ0) is 23.0. The predicted octanol–water partition coefficient (Wildman–Crippen LogP) is 3.07. The number of sulfonamides is 1. The maximum atomic E-state index is 12.8. The van der Waals surface area contributed by atoms with Crippen LogP contribution in [0.15, 0.2) is 47.4 Å². The normalized spacial score (nSPS) is 11.2. The highest BCUT2D eigenvalue weighted by molar-refractivity contribution is 7.89. The van der Waals surface area contributed by atoms with Crippen LogP contribution in [0.5, 0.6) is 5.75 Å². The van der Waals surface area contributed by atoms with Crippen LogP contribution in [0.25, 0.3) is 0 Å². The van der Waals surface area contributed by atoms with Crippen LogP contribution in [0.2, 0.25) is 0 Å². The van der Waals surface area contributed by atoms with Crippen molar-refractivity contribution in [1.29, 1.82) is 0 Å². The van der Waals surface area contributed by atoms with Crippen molar-refractivity contribution in [3.05, 3.63) is 52.6 Å². The molecule has 2 rings (SSSR count). The number of nitro benzene ring substituents is 1. The van der Waals surface area contributed by atoms with Crippen LogP contribution in [0.1, 0.15) is 20.3 Å². The number of para-hydroxylation sites is 2. The molecule has 10 nitrogen and oxygen atoms in total. The summed E-state index contributed by atoms with van der Waals surface area (Å²) in [5.41, 5.74) is 0.454. The molecule has 2 aromatic rings. The molecule has 11 heteroatoms. The van der Waals surface area contributed by atoms with Crippen LogP contribution in [0.3, 0.4) is 0 Å². The van der Waals surface area contributed by atoms with Crippen molar-refractivity contribution in [3.8, 4) is 5.75 Å². The van der Waals surface area contributed by atoms with Gasteiger partial charge < -0.3 is 15.4 Å². The van der Waals surface area contributed by atoms with E-state index in [-0.39, 0.29) is 29.2 Å². The number of nitro groups is 1. The molecule has 0 radical (unpaired) electrons. The first-order valence-corrected chi connectivity index (χ1v) is 11.1. The van der Waals surface area contributed by atoms with E-state index in [1.165, 1.54) is 35.7 Å². The lowest BCUT2D eigenvalue weighted by Crippen LogP contribution is -2.30. The lowest BCUT2D eigenvalue weighted by molar-refractivity contribution is -0.384. The zero-order valence-corrected chi connectivity index (χ0v) is 18.4. The second kappa shape index (κ2) is 10.7. The largest absolute Gasteiger partial charge is 0.495 e. The Morgan fingerprint density at radius 2 is 1.81 bits per heavy atom. The summed E-state index contributed by atoms with van der Waals surface area (Å²) in [5, 5.41) is 16.6. The Kier molecular flexibility index (Phi) is 8.34. The third-order valence-electron chi connectivity index (χ3n) is 4.56. The quantitative estimate of drug-likeness (QED) is 0.397. The number of anilines is 2. The highest BCUT2D eigenvalue weighted by atomic mass is 32.2. The van der Waals surface area contributed by atoms with E-state index < -0.39 is 20.9 Å². The fraction of sp³-hybridized carbons (Fsp3) is 0.350. The first-order chi connectivity index (χ1) is 14.7. The van der Waals surface area contributed by atoms with Gasteiger partial charge in [0, 0.05) is 32.1 Å². The molecule has 0 saturated carbocycles. The van der Waals surface area contributed by atoms with Crippen LogP contribution < -0.4 is 15.4 Å². The zero-order valence-electron chi connectivity index (χ0n) is 17.6. The second-order valence-corrected chi connectivity index (χ2v) is 8.39. The molecular formula is C20H26N4O6S. The van der Waals surface area contributed by atoms with Crippen molar-refractivity contribution in [1.82, 2.24) is 4.31 Å². The Hall–Kier alpha value is -3.18. The molecular weight excluding hydrogens is 424 g/mol. The van der Waals surface area contributed by atoms with Gasteiger partial charge in [0.05, 0.1) is 22.6 Å². The molecule has 0 aromatic heterocycles. The van der Waals surface area contributed by atoms with Crippen molar-refractivity contribution in [2.75, 3.05) is 37.4 Å². The molecule has 2 N–H and O–H groups in total. The molecule has 168 valence electrons. The maximum absolute atomic E-state index is 12.8. The summed E-state index contributed by atoms with van der Waals surface area (Å²) in [6.07, 6.45) is 0.00221. The third kappa shape index (κ3) is 5.92. The molecule has 0 fully saturated rings. The van der Waals surface area contributed by atoms with Gasteiger partial charge in [-0.05, 0) is 24.3 Å². The number of carbonyl (C=O) groups excluding carboxylic acids is 1. The van der Waals surface area contributed by atoms with Crippen LogP contribution in [-0.4, -0.2) is 50.3 Å². The lowest BCUT2D eigenvalue weighted by Gasteiger charge is -2.19. The Morgan fingerprint density at radius 1 is 1.13 bits per heavy atom. The smallest absolute Gasteiger partial charge is 0.292 e. The van der Waals surface area contributed by atoms with Gasteiger partial charge in [-0.1, -0.05) is 26.0 Å². The summed E-state index contributed by atoms with van der Waals surface area (Å²) in [4.78, 5) is 23.0. The van der Waals surface area contributed by atoms with Crippen molar-refractivity contribution in [2.24, 2.45) is 0 Å². The van der Waals surface area contributed by atoms with Gasteiger partial charge in [0.25, 0.3) is 5.69 Å². The summed E-state index contributed by atoms with van der Waals surface area (Å²) in [6.45, 7) is 4.29. The molecule has 0 aliphatic rings. The number of amides is 1. The summed E-state index contributed by atoms with van der Waals surface area (Å²) >= 11 is 0. The molecule has 1 amide bonds. The summed E-state index contributed by atoms with van der Waals surface area (Å²) in [6, 6.07) is 10.4. The average molecular weight is 451 g/mol. The molecule has 0 atom stereocenters. The van der Waals surface area contributed by atoms with E-state index in [4.69, 9.17) is 4.74 Å². The number of methoxy groups -OCH3 is 1. The van der Waals surface area contributed by atoms with E-state index in [2.05, 4.69) is 10.6 Å². The molecule has 0 unspecified atom stereocenters. The van der Waals surface area contributed by atoms with Crippen LogP contribution in [0, 0.1) is 10.1 Å². The minimum Gasteiger partial charge on any atom is -0.495 e. The number of hydrogen-bond acceptors (Lipinski definition) is 7. The molecule has 31 heavy (non-hydrogen) atoms. The highest BCUT2D eigenvalue weighted by Gasteiger charge is 2.23. The number of nitrogens with zero attached hydrogens (tertiary/aromatic N) is 2. The number of rotatable bonds is 11. The Morgan fingerprint density at radius 3 is 2.42 bits per heavy atom. The number of carbonyl (C=O) groups is 1. The first-order valence-electron chi connectivity index (χ1n) is 9.69. The van der Waals surface area contributed by atoms with E-state index in [0.29, 0.717) is 24.5 Å². The van der Waals surface area contributed by atoms with E-state index in [9.17, 15) is 23.3 Å². The molecule has 0 aliphatic carbocycles. The summed E-state index contributed by atoms with van der Waals surface area (Å²) in [5.74, 6) is -0.0831. The third-order valence-corrected chi connectivity index (χ3v) is 6.60. The van der Waals surface area contributed by atoms with Crippen molar-refractivity contribution in [3.63, 3.8) is 0 Å². The predicted molar refractivity (Wildman–Crippen MR) is 118 cm³/mol. The van der Waals surface area contributed by atoms with E-state index >= 15 is 0 Å². The Balaban J connectivity index is 2.11. The second-order valence-electron chi connectivity index (χ2n) is 6.45. The topological polar surface area (TPSA) is 131 Å². The fourth-order valence-electron chi connectivity index (χ4n) is 2.96. The number of benzene rings is 2. The number of ether oxygens (including phenoxy) is 1. The van der Waals surface area contributed by atoms with Crippen molar-refractivity contribution in [2.45, 2.75) is 25.2 Å².